The third-order valence-electron chi connectivity index (χ3n) is 3.49. The van der Waals surface area contributed by atoms with Gasteiger partial charge < -0.3 is 4.98 Å². The second-order valence-electron chi connectivity index (χ2n) is 5.24. The predicted octanol–water partition coefficient (Wildman–Crippen LogP) is 4.50. The standard InChI is InChI=1S/C17H11ClN4O2/c1-10-2-5-14-15(6-10)21-17(20-14)12(9-19)7-11-3-4-13(18)16(8-11)22(23)24/h2-8H,1H3,(H,20,21)/b12-7+. The number of nitro benzene ring substituents is 1. The molecule has 0 spiro atoms. The zero-order valence-electron chi connectivity index (χ0n) is 12.6. The van der Waals surface area contributed by atoms with Crippen molar-refractivity contribution in [3.8, 4) is 6.07 Å². The number of aryl methyl sites for hydroxylation is 1. The molecular formula is C17H11ClN4O2. The number of nitriles is 1. The Bertz CT molecular complexity index is 1030. The molecule has 2 aromatic carbocycles. The molecule has 1 heterocycles. The predicted molar refractivity (Wildman–Crippen MR) is 92.4 cm³/mol. The van der Waals surface area contributed by atoms with Gasteiger partial charge in [0.2, 0.25) is 0 Å². The summed E-state index contributed by atoms with van der Waals surface area (Å²) in [5, 5.41) is 20.4. The Morgan fingerprint density at radius 2 is 2.17 bits per heavy atom. The summed E-state index contributed by atoms with van der Waals surface area (Å²) in [5.74, 6) is 0.413. The minimum absolute atomic E-state index is 0.0508. The number of nitro groups is 1. The van der Waals surface area contributed by atoms with E-state index in [1.807, 2.05) is 25.1 Å². The summed E-state index contributed by atoms with van der Waals surface area (Å²) >= 11 is 5.80. The number of hydrogen-bond acceptors (Lipinski definition) is 4. The summed E-state index contributed by atoms with van der Waals surface area (Å²) in [6, 6.07) is 12.2. The van der Waals surface area contributed by atoms with Gasteiger partial charge >= 0.3 is 0 Å². The lowest BCUT2D eigenvalue weighted by Crippen LogP contribution is -1.90. The largest absolute Gasteiger partial charge is 0.337 e. The number of fused-ring (bicyclic) bond motifs is 1. The van der Waals surface area contributed by atoms with Crippen molar-refractivity contribution < 1.29 is 4.92 Å². The van der Waals surface area contributed by atoms with Gasteiger partial charge in [-0.15, -0.1) is 0 Å². The first-order chi connectivity index (χ1) is 11.5. The Morgan fingerprint density at radius 1 is 1.38 bits per heavy atom. The van der Waals surface area contributed by atoms with Crippen molar-refractivity contribution in [1.29, 1.82) is 5.26 Å². The van der Waals surface area contributed by atoms with Crippen molar-refractivity contribution in [2.45, 2.75) is 6.92 Å². The Labute approximate surface area is 142 Å². The van der Waals surface area contributed by atoms with E-state index in [9.17, 15) is 15.4 Å². The summed E-state index contributed by atoms with van der Waals surface area (Å²) in [4.78, 5) is 17.9. The van der Waals surface area contributed by atoms with Crippen LogP contribution in [0.15, 0.2) is 36.4 Å². The maximum Gasteiger partial charge on any atom is 0.288 e. The minimum Gasteiger partial charge on any atom is -0.337 e. The lowest BCUT2D eigenvalue weighted by molar-refractivity contribution is -0.384. The molecule has 0 bridgehead atoms. The first-order valence-electron chi connectivity index (χ1n) is 7.00. The normalized spacial score (nSPS) is 11.5. The Hall–Kier alpha value is -3.17. The van der Waals surface area contributed by atoms with Crippen molar-refractivity contribution in [1.82, 2.24) is 9.97 Å². The minimum atomic E-state index is -0.560. The van der Waals surface area contributed by atoms with Gasteiger partial charge in [0.05, 0.1) is 21.5 Å². The van der Waals surface area contributed by atoms with E-state index < -0.39 is 4.92 Å². The molecule has 1 N–H and O–H groups in total. The van der Waals surface area contributed by atoms with Gasteiger partial charge in [-0.25, -0.2) is 4.98 Å². The first kappa shape index (κ1) is 15.7. The van der Waals surface area contributed by atoms with Gasteiger partial charge in [-0.05, 0) is 42.3 Å². The summed E-state index contributed by atoms with van der Waals surface area (Å²) in [6.07, 6.45) is 1.54. The Morgan fingerprint density at radius 3 is 2.88 bits per heavy atom. The van der Waals surface area contributed by atoms with Gasteiger partial charge in [-0.3, -0.25) is 10.1 Å². The molecule has 0 aliphatic heterocycles. The van der Waals surface area contributed by atoms with Crippen LogP contribution < -0.4 is 0 Å². The van der Waals surface area contributed by atoms with E-state index in [2.05, 4.69) is 16.0 Å². The molecule has 0 unspecified atom stereocenters. The number of benzene rings is 2. The quantitative estimate of drug-likeness (QED) is 0.432. The molecule has 118 valence electrons. The van der Waals surface area contributed by atoms with Gasteiger partial charge in [-0.2, -0.15) is 5.26 Å². The maximum atomic E-state index is 11.0. The second-order valence-corrected chi connectivity index (χ2v) is 5.65. The van der Waals surface area contributed by atoms with Crippen LogP contribution in [0, 0.1) is 28.4 Å². The molecule has 3 rings (SSSR count). The number of aromatic amines is 1. The lowest BCUT2D eigenvalue weighted by atomic mass is 10.1. The van der Waals surface area contributed by atoms with Crippen LogP contribution in [0.4, 0.5) is 5.69 Å². The average molecular weight is 339 g/mol. The fraction of sp³-hybridized carbons (Fsp3) is 0.0588. The number of hydrogen-bond donors (Lipinski definition) is 1. The van der Waals surface area contributed by atoms with Crippen LogP contribution in [0.1, 0.15) is 17.0 Å². The molecule has 0 aliphatic carbocycles. The molecule has 6 nitrogen and oxygen atoms in total. The molecule has 0 saturated carbocycles. The van der Waals surface area contributed by atoms with E-state index in [4.69, 9.17) is 11.6 Å². The molecule has 3 aromatic rings. The van der Waals surface area contributed by atoms with E-state index in [-0.39, 0.29) is 16.3 Å². The number of imidazole rings is 1. The first-order valence-corrected chi connectivity index (χ1v) is 7.38. The third kappa shape index (κ3) is 2.98. The van der Waals surface area contributed by atoms with Crippen LogP contribution >= 0.6 is 11.6 Å². The number of nitrogens with zero attached hydrogens (tertiary/aromatic N) is 3. The molecule has 1 aromatic heterocycles. The van der Waals surface area contributed by atoms with E-state index >= 15 is 0 Å². The van der Waals surface area contributed by atoms with Crippen LogP contribution in [0.25, 0.3) is 22.7 Å². The number of rotatable bonds is 3. The zero-order valence-corrected chi connectivity index (χ0v) is 13.3. The number of H-pyrrole nitrogens is 1. The van der Waals surface area contributed by atoms with Gasteiger partial charge in [-0.1, -0.05) is 23.7 Å². The van der Waals surface area contributed by atoms with Gasteiger partial charge in [0, 0.05) is 6.07 Å². The van der Waals surface area contributed by atoms with Gasteiger partial charge in [0.1, 0.15) is 16.9 Å². The molecule has 7 heteroatoms. The molecule has 0 amide bonds. The van der Waals surface area contributed by atoms with E-state index in [1.165, 1.54) is 18.2 Å². The molecule has 0 aliphatic rings. The molecule has 24 heavy (non-hydrogen) atoms. The highest BCUT2D eigenvalue weighted by atomic mass is 35.5. The molecule has 0 fully saturated rings. The van der Waals surface area contributed by atoms with Crippen LogP contribution in [-0.2, 0) is 0 Å². The fourth-order valence-corrected chi connectivity index (χ4v) is 2.52. The maximum absolute atomic E-state index is 11.0. The van der Waals surface area contributed by atoms with Crippen molar-refractivity contribution in [3.63, 3.8) is 0 Å². The van der Waals surface area contributed by atoms with Crippen molar-refractivity contribution in [2.75, 3.05) is 0 Å². The smallest absolute Gasteiger partial charge is 0.288 e. The number of nitrogens with one attached hydrogen (secondary N) is 1. The van der Waals surface area contributed by atoms with E-state index in [0.717, 1.165) is 16.6 Å². The van der Waals surface area contributed by atoms with Crippen LogP contribution in [0.2, 0.25) is 5.02 Å². The van der Waals surface area contributed by atoms with Crippen LogP contribution in [0.5, 0.6) is 0 Å². The fourth-order valence-electron chi connectivity index (χ4n) is 2.33. The highest BCUT2D eigenvalue weighted by Gasteiger charge is 2.13. The topological polar surface area (TPSA) is 95.6 Å². The second kappa shape index (κ2) is 6.14. The number of aromatic nitrogens is 2. The van der Waals surface area contributed by atoms with Crippen LogP contribution in [0.3, 0.4) is 0 Å². The van der Waals surface area contributed by atoms with Crippen molar-refractivity contribution in [3.05, 3.63) is 68.5 Å². The third-order valence-corrected chi connectivity index (χ3v) is 3.81. The molecule has 0 atom stereocenters. The molecular weight excluding hydrogens is 328 g/mol. The Kier molecular flexibility index (Phi) is 4.02. The molecule has 0 saturated heterocycles. The van der Waals surface area contributed by atoms with Crippen molar-refractivity contribution >= 4 is 40.0 Å². The van der Waals surface area contributed by atoms with Gasteiger partial charge in [0.25, 0.3) is 5.69 Å². The highest BCUT2D eigenvalue weighted by Crippen LogP contribution is 2.27. The van der Waals surface area contributed by atoms with E-state index in [0.29, 0.717) is 11.4 Å². The summed E-state index contributed by atoms with van der Waals surface area (Å²) in [6.45, 7) is 1.97. The lowest BCUT2D eigenvalue weighted by Gasteiger charge is -1.98. The van der Waals surface area contributed by atoms with Gasteiger partial charge in [0.15, 0.2) is 0 Å². The summed E-state index contributed by atoms with van der Waals surface area (Å²) < 4.78 is 0. The average Bonchev–Trinajstić information content (AvgIpc) is 2.96. The van der Waals surface area contributed by atoms with E-state index in [1.54, 1.807) is 6.07 Å². The molecule has 0 radical (unpaired) electrons. The summed E-state index contributed by atoms with van der Waals surface area (Å²) in [7, 11) is 0. The SMILES string of the molecule is Cc1ccc2nc(/C(C#N)=C/c3ccc(Cl)c([N+](=O)[O-])c3)[nH]c2c1. The Balaban J connectivity index is 2.07. The number of allylic oxidation sites excluding steroid dienone is 1. The number of halogens is 1. The monoisotopic (exact) mass is 338 g/mol. The summed E-state index contributed by atoms with van der Waals surface area (Å²) in [5.41, 5.74) is 3.23. The van der Waals surface area contributed by atoms with Crippen LogP contribution in [-0.4, -0.2) is 14.9 Å². The zero-order chi connectivity index (χ0) is 17.3. The highest BCUT2D eigenvalue weighted by molar-refractivity contribution is 6.32. The van der Waals surface area contributed by atoms with Crippen molar-refractivity contribution in [2.24, 2.45) is 0 Å².